The molecule has 2 N–H and O–H groups in total. The van der Waals surface area contributed by atoms with Crippen molar-refractivity contribution < 1.29 is 27.5 Å². The van der Waals surface area contributed by atoms with Gasteiger partial charge in [0.2, 0.25) is 10.0 Å². The van der Waals surface area contributed by atoms with Crippen molar-refractivity contribution in [3.8, 4) is 0 Å². The Hall–Kier alpha value is -3.24. The van der Waals surface area contributed by atoms with E-state index in [4.69, 9.17) is 4.74 Å². The summed E-state index contributed by atoms with van der Waals surface area (Å²) in [5.41, 5.74) is 0.631. The van der Waals surface area contributed by atoms with Crippen molar-refractivity contribution in [1.82, 2.24) is 9.62 Å². The van der Waals surface area contributed by atoms with Crippen molar-refractivity contribution >= 4 is 33.5 Å². The zero-order valence-electron chi connectivity index (χ0n) is 16.8. The van der Waals surface area contributed by atoms with Crippen molar-refractivity contribution in [3.63, 3.8) is 0 Å². The molecule has 0 bridgehead atoms. The van der Waals surface area contributed by atoms with Crippen molar-refractivity contribution in [3.05, 3.63) is 60.2 Å². The van der Waals surface area contributed by atoms with Crippen LogP contribution in [0.15, 0.2) is 59.5 Å². The van der Waals surface area contributed by atoms with Gasteiger partial charge in [-0.05, 0) is 37.3 Å². The van der Waals surface area contributed by atoms with Crippen LogP contribution in [-0.4, -0.2) is 57.3 Å². The SMILES string of the molecule is C[C@H](NC(=O)c1ccccc1)C(=O)OCC(=O)Nc1cccc(S(=O)(=O)N(C)C)c1. The standard InChI is InChI=1S/C20H23N3O6S/c1-14(21-19(25)15-8-5-4-6-9-15)20(26)29-13-18(24)22-16-10-7-11-17(12-16)30(27,28)23(2)3/h4-12,14H,13H2,1-3H3,(H,21,25)(H,22,24)/t14-/m0/s1. The number of sulfonamides is 1. The lowest BCUT2D eigenvalue weighted by atomic mass is 10.2. The zero-order valence-corrected chi connectivity index (χ0v) is 17.6. The third-order valence-electron chi connectivity index (χ3n) is 3.98. The van der Waals surface area contributed by atoms with E-state index in [1.165, 1.54) is 45.3 Å². The van der Waals surface area contributed by atoms with Gasteiger partial charge in [-0.2, -0.15) is 0 Å². The number of anilines is 1. The number of ether oxygens (including phenoxy) is 1. The number of carbonyl (C=O) groups is 3. The Kier molecular flexibility index (Phi) is 7.67. The lowest BCUT2D eigenvalue weighted by Crippen LogP contribution is -2.40. The van der Waals surface area contributed by atoms with E-state index in [-0.39, 0.29) is 10.6 Å². The van der Waals surface area contributed by atoms with Crippen LogP contribution in [0.1, 0.15) is 17.3 Å². The fraction of sp³-hybridized carbons (Fsp3) is 0.250. The topological polar surface area (TPSA) is 122 Å². The average Bonchev–Trinajstić information content (AvgIpc) is 2.72. The van der Waals surface area contributed by atoms with Crippen LogP contribution in [0.25, 0.3) is 0 Å². The molecule has 2 rings (SSSR count). The van der Waals surface area contributed by atoms with Crippen LogP contribution >= 0.6 is 0 Å². The van der Waals surface area contributed by atoms with Gasteiger partial charge in [-0.3, -0.25) is 9.59 Å². The first-order chi connectivity index (χ1) is 14.1. The van der Waals surface area contributed by atoms with Gasteiger partial charge in [0.05, 0.1) is 4.90 Å². The largest absolute Gasteiger partial charge is 0.454 e. The van der Waals surface area contributed by atoms with Gasteiger partial charge in [0.15, 0.2) is 6.61 Å². The Bertz CT molecular complexity index is 1020. The molecule has 0 spiro atoms. The van der Waals surface area contributed by atoms with Crippen LogP contribution in [0.5, 0.6) is 0 Å². The molecule has 10 heteroatoms. The molecule has 30 heavy (non-hydrogen) atoms. The summed E-state index contributed by atoms with van der Waals surface area (Å²) < 4.78 is 30.3. The fourth-order valence-corrected chi connectivity index (χ4v) is 3.28. The van der Waals surface area contributed by atoms with Gasteiger partial charge < -0.3 is 15.4 Å². The maximum Gasteiger partial charge on any atom is 0.328 e. The number of hydrogen-bond acceptors (Lipinski definition) is 6. The molecule has 9 nitrogen and oxygen atoms in total. The number of esters is 1. The Morgan fingerprint density at radius 2 is 1.70 bits per heavy atom. The minimum absolute atomic E-state index is 0.0135. The van der Waals surface area contributed by atoms with Crippen molar-refractivity contribution in [2.24, 2.45) is 0 Å². The van der Waals surface area contributed by atoms with E-state index < -0.39 is 40.5 Å². The van der Waals surface area contributed by atoms with Crippen LogP contribution in [0.2, 0.25) is 0 Å². The lowest BCUT2D eigenvalue weighted by Gasteiger charge is -2.14. The number of nitrogens with zero attached hydrogens (tertiary/aromatic N) is 1. The summed E-state index contributed by atoms with van der Waals surface area (Å²) >= 11 is 0. The summed E-state index contributed by atoms with van der Waals surface area (Å²) in [6.07, 6.45) is 0. The Balaban J connectivity index is 1.88. The Morgan fingerprint density at radius 3 is 2.33 bits per heavy atom. The molecule has 0 aromatic heterocycles. The highest BCUT2D eigenvalue weighted by Gasteiger charge is 2.20. The van der Waals surface area contributed by atoms with E-state index in [0.29, 0.717) is 5.56 Å². The van der Waals surface area contributed by atoms with Gasteiger partial charge in [-0.15, -0.1) is 0 Å². The molecule has 0 aliphatic heterocycles. The molecule has 0 unspecified atom stereocenters. The summed E-state index contributed by atoms with van der Waals surface area (Å²) in [5.74, 6) is -1.87. The second-order valence-corrected chi connectivity index (χ2v) is 8.68. The number of nitrogens with one attached hydrogen (secondary N) is 2. The second-order valence-electron chi connectivity index (χ2n) is 6.53. The molecule has 2 aromatic rings. The van der Waals surface area contributed by atoms with E-state index in [0.717, 1.165) is 4.31 Å². The van der Waals surface area contributed by atoms with Gasteiger partial charge in [-0.25, -0.2) is 17.5 Å². The van der Waals surface area contributed by atoms with Crippen molar-refractivity contribution in [2.45, 2.75) is 17.9 Å². The van der Waals surface area contributed by atoms with Crippen LogP contribution in [-0.2, 0) is 24.3 Å². The maximum atomic E-state index is 12.2. The summed E-state index contributed by atoms with van der Waals surface area (Å²) in [6, 6.07) is 13.1. The monoisotopic (exact) mass is 433 g/mol. The van der Waals surface area contributed by atoms with Crippen LogP contribution < -0.4 is 10.6 Å². The highest BCUT2D eigenvalue weighted by atomic mass is 32.2. The first-order valence-corrected chi connectivity index (χ1v) is 10.4. The van der Waals surface area contributed by atoms with Gasteiger partial charge in [0.25, 0.3) is 11.8 Å². The van der Waals surface area contributed by atoms with Gasteiger partial charge in [0.1, 0.15) is 6.04 Å². The summed E-state index contributed by atoms with van der Waals surface area (Å²) in [4.78, 5) is 36.1. The fourth-order valence-electron chi connectivity index (χ4n) is 2.33. The number of hydrogen-bond donors (Lipinski definition) is 2. The molecule has 0 radical (unpaired) electrons. The van der Waals surface area contributed by atoms with E-state index in [1.807, 2.05) is 0 Å². The highest BCUT2D eigenvalue weighted by Crippen LogP contribution is 2.17. The molecule has 0 aliphatic rings. The predicted molar refractivity (Wildman–Crippen MR) is 110 cm³/mol. The Labute approximate surface area is 175 Å². The quantitative estimate of drug-likeness (QED) is 0.604. The molecule has 0 heterocycles. The molecule has 0 saturated carbocycles. The summed E-state index contributed by atoms with van der Waals surface area (Å²) in [6.45, 7) is 0.853. The second kappa shape index (κ2) is 9.99. The van der Waals surface area contributed by atoms with E-state index >= 15 is 0 Å². The van der Waals surface area contributed by atoms with Gasteiger partial charge >= 0.3 is 5.97 Å². The zero-order chi connectivity index (χ0) is 22.3. The molecule has 2 aromatic carbocycles. The van der Waals surface area contributed by atoms with Crippen molar-refractivity contribution in [2.75, 3.05) is 26.0 Å². The van der Waals surface area contributed by atoms with Crippen molar-refractivity contribution in [1.29, 1.82) is 0 Å². The smallest absolute Gasteiger partial charge is 0.328 e. The summed E-state index contributed by atoms with van der Waals surface area (Å²) in [7, 11) is -0.849. The van der Waals surface area contributed by atoms with E-state index in [9.17, 15) is 22.8 Å². The number of amides is 2. The first-order valence-electron chi connectivity index (χ1n) is 8.96. The molecule has 160 valence electrons. The molecule has 0 saturated heterocycles. The van der Waals surface area contributed by atoms with E-state index in [1.54, 1.807) is 30.3 Å². The predicted octanol–water partition coefficient (Wildman–Crippen LogP) is 1.24. The molecule has 0 fully saturated rings. The van der Waals surface area contributed by atoms with Crippen LogP contribution in [0.4, 0.5) is 5.69 Å². The third-order valence-corrected chi connectivity index (χ3v) is 5.79. The first kappa shape index (κ1) is 23.0. The molecule has 2 amide bonds. The van der Waals surface area contributed by atoms with Gasteiger partial charge in [0, 0.05) is 25.3 Å². The summed E-state index contributed by atoms with van der Waals surface area (Å²) in [5, 5.41) is 4.96. The molecular weight excluding hydrogens is 410 g/mol. The lowest BCUT2D eigenvalue weighted by molar-refractivity contribution is -0.148. The minimum atomic E-state index is -3.65. The number of benzene rings is 2. The van der Waals surface area contributed by atoms with E-state index in [2.05, 4.69) is 10.6 Å². The maximum absolute atomic E-state index is 12.2. The minimum Gasteiger partial charge on any atom is -0.454 e. The molecule has 1 atom stereocenters. The number of carbonyl (C=O) groups excluding carboxylic acids is 3. The molecular formula is C20H23N3O6S. The Morgan fingerprint density at radius 1 is 1.03 bits per heavy atom. The van der Waals surface area contributed by atoms with Gasteiger partial charge in [-0.1, -0.05) is 24.3 Å². The van der Waals surface area contributed by atoms with Crippen LogP contribution in [0.3, 0.4) is 0 Å². The molecule has 0 aliphatic carbocycles. The highest BCUT2D eigenvalue weighted by molar-refractivity contribution is 7.89. The number of rotatable bonds is 8. The normalized spacial score (nSPS) is 12.1. The van der Waals surface area contributed by atoms with Crippen LogP contribution in [0, 0.1) is 0 Å². The third kappa shape index (κ3) is 6.13. The average molecular weight is 433 g/mol.